The molecule has 0 unspecified atom stereocenters. The third kappa shape index (κ3) is 1.97. The molecule has 0 radical (unpaired) electrons. The molecule has 0 bridgehead atoms. The minimum Gasteiger partial charge on any atom is -0.480 e. The molecule has 0 saturated carbocycles. The summed E-state index contributed by atoms with van der Waals surface area (Å²) in [6.07, 6.45) is 0. The van der Waals surface area contributed by atoms with Gasteiger partial charge in [0.25, 0.3) is 0 Å². The highest BCUT2D eigenvalue weighted by Gasteiger charge is 2.07. The maximum atomic E-state index is 8.71. The maximum Gasteiger partial charge on any atom is 0.231 e. The molecule has 1 rings (SSSR count). The lowest BCUT2D eigenvalue weighted by molar-refractivity contribution is 0.394. The number of nitriles is 1. The van der Waals surface area contributed by atoms with Gasteiger partial charge < -0.3 is 4.74 Å². The first kappa shape index (κ1) is 9.53. The Morgan fingerprint density at radius 2 is 2.15 bits per heavy atom. The minimum absolute atomic E-state index is 0.349. The average molecular weight is 176 g/mol. The van der Waals surface area contributed by atoms with Crippen LogP contribution in [0.4, 0.5) is 0 Å². The molecule has 0 N–H and O–H groups in total. The molecule has 1 heterocycles. The highest BCUT2D eigenvalue weighted by atomic mass is 16.5. The van der Waals surface area contributed by atoms with Crippen LogP contribution in [0.25, 0.3) is 0 Å². The number of rotatable bonds is 2. The van der Waals surface area contributed by atoms with Crippen LogP contribution in [0.2, 0.25) is 0 Å². The fraction of sp³-hybridized carbons (Fsp3) is 0.400. The molecule has 0 atom stereocenters. The second kappa shape index (κ2) is 3.90. The largest absolute Gasteiger partial charge is 0.480 e. The fourth-order valence-corrected chi connectivity index (χ4v) is 1.02. The van der Waals surface area contributed by atoms with E-state index in [2.05, 4.69) is 4.98 Å². The summed E-state index contributed by atoms with van der Waals surface area (Å²) in [4.78, 5) is 4.22. The van der Waals surface area contributed by atoms with Crippen molar-refractivity contribution in [3.8, 4) is 11.9 Å². The summed E-state index contributed by atoms with van der Waals surface area (Å²) in [6.45, 7) is 4.10. The Kier molecular flexibility index (Phi) is 2.86. The van der Waals surface area contributed by atoms with Crippen molar-refractivity contribution in [1.29, 1.82) is 5.26 Å². The van der Waals surface area contributed by atoms with Gasteiger partial charge in [0.1, 0.15) is 11.6 Å². The first-order valence-corrected chi connectivity index (χ1v) is 4.14. The summed E-state index contributed by atoms with van der Waals surface area (Å²) in [5.41, 5.74) is 1.42. The molecule has 0 spiro atoms. The Morgan fingerprint density at radius 3 is 2.62 bits per heavy atom. The summed E-state index contributed by atoms with van der Waals surface area (Å²) in [5.74, 6) is 0.760. The summed E-state index contributed by atoms with van der Waals surface area (Å²) >= 11 is 0. The van der Waals surface area contributed by atoms with Gasteiger partial charge in [-0.1, -0.05) is 13.8 Å². The van der Waals surface area contributed by atoms with Gasteiger partial charge in [0.05, 0.1) is 7.11 Å². The normalized spacial score (nSPS) is 9.77. The van der Waals surface area contributed by atoms with E-state index in [0.29, 0.717) is 17.4 Å². The van der Waals surface area contributed by atoms with E-state index in [9.17, 15) is 0 Å². The molecule has 3 heteroatoms. The Balaban J connectivity index is 3.15. The van der Waals surface area contributed by atoms with E-state index >= 15 is 0 Å². The van der Waals surface area contributed by atoms with Crippen LogP contribution in [-0.4, -0.2) is 12.1 Å². The molecule has 0 aliphatic rings. The van der Waals surface area contributed by atoms with Gasteiger partial charge in [-0.2, -0.15) is 5.26 Å². The lowest BCUT2D eigenvalue weighted by Crippen LogP contribution is -1.97. The zero-order chi connectivity index (χ0) is 9.84. The SMILES string of the molecule is COc1nc(C(C)C)ccc1C#N. The molecule has 0 saturated heterocycles. The number of aromatic nitrogens is 1. The zero-order valence-corrected chi connectivity index (χ0v) is 8.03. The lowest BCUT2D eigenvalue weighted by atomic mass is 10.1. The van der Waals surface area contributed by atoms with Gasteiger partial charge in [0.2, 0.25) is 5.88 Å². The van der Waals surface area contributed by atoms with Gasteiger partial charge in [-0.15, -0.1) is 0 Å². The van der Waals surface area contributed by atoms with Gasteiger partial charge in [-0.25, -0.2) is 4.98 Å². The van der Waals surface area contributed by atoms with Crippen molar-refractivity contribution < 1.29 is 4.74 Å². The molecule has 68 valence electrons. The van der Waals surface area contributed by atoms with Crippen LogP contribution in [0.15, 0.2) is 12.1 Å². The lowest BCUT2D eigenvalue weighted by Gasteiger charge is -2.07. The maximum absolute atomic E-state index is 8.71. The van der Waals surface area contributed by atoms with Crippen molar-refractivity contribution in [3.05, 3.63) is 23.4 Å². The van der Waals surface area contributed by atoms with Crippen molar-refractivity contribution in [2.75, 3.05) is 7.11 Å². The van der Waals surface area contributed by atoms with Crippen molar-refractivity contribution >= 4 is 0 Å². The molecule has 0 aromatic carbocycles. The number of nitrogens with zero attached hydrogens (tertiary/aromatic N) is 2. The Labute approximate surface area is 78.0 Å². The van der Waals surface area contributed by atoms with Crippen LogP contribution in [0.5, 0.6) is 5.88 Å². The molecule has 0 aliphatic carbocycles. The second-order valence-electron chi connectivity index (χ2n) is 3.06. The number of pyridine rings is 1. The molecular weight excluding hydrogens is 164 g/mol. The quantitative estimate of drug-likeness (QED) is 0.693. The zero-order valence-electron chi connectivity index (χ0n) is 8.03. The van der Waals surface area contributed by atoms with Crippen molar-refractivity contribution in [1.82, 2.24) is 4.98 Å². The monoisotopic (exact) mass is 176 g/mol. The van der Waals surface area contributed by atoms with Crippen LogP contribution in [0.1, 0.15) is 31.0 Å². The highest BCUT2D eigenvalue weighted by Crippen LogP contribution is 2.19. The number of hydrogen-bond acceptors (Lipinski definition) is 3. The van der Waals surface area contributed by atoms with Gasteiger partial charge >= 0.3 is 0 Å². The van der Waals surface area contributed by atoms with Crippen LogP contribution in [0.3, 0.4) is 0 Å². The standard InChI is InChI=1S/C10H12N2O/c1-7(2)9-5-4-8(6-11)10(12-9)13-3/h4-5,7H,1-3H3. The summed E-state index contributed by atoms with van der Waals surface area (Å²) in [5, 5.41) is 8.71. The number of hydrogen-bond donors (Lipinski definition) is 0. The Hall–Kier alpha value is -1.56. The van der Waals surface area contributed by atoms with Crippen LogP contribution in [-0.2, 0) is 0 Å². The third-order valence-electron chi connectivity index (χ3n) is 1.79. The predicted octanol–water partition coefficient (Wildman–Crippen LogP) is 2.09. The third-order valence-corrected chi connectivity index (χ3v) is 1.79. The number of ether oxygens (including phenoxy) is 1. The van der Waals surface area contributed by atoms with Crippen molar-refractivity contribution in [3.63, 3.8) is 0 Å². The molecule has 1 aromatic rings. The van der Waals surface area contributed by atoms with Gasteiger partial charge in [0, 0.05) is 5.69 Å². The summed E-state index contributed by atoms with van der Waals surface area (Å²) < 4.78 is 4.99. The van der Waals surface area contributed by atoms with E-state index in [1.165, 1.54) is 7.11 Å². The Morgan fingerprint density at radius 1 is 1.46 bits per heavy atom. The van der Waals surface area contributed by atoms with Crippen LogP contribution >= 0.6 is 0 Å². The Bertz CT molecular complexity index is 339. The number of methoxy groups -OCH3 is 1. The van der Waals surface area contributed by atoms with E-state index in [1.54, 1.807) is 6.07 Å². The van der Waals surface area contributed by atoms with Crippen molar-refractivity contribution in [2.24, 2.45) is 0 Å². The second-order valence-corrected chi connectivity index (χ2v) is 3.06. The predicted molar refractivity (Wildman–Crippen MR) is 49.6 cm³/mol. The smallest absolute Gasteiger partial charge is 0.231 e. The molecular formula is C10H12N2O. The fourth-order valence-electron chi connectivity index (χ4n) is 1.02. The first-order chi connectivity index (χ1) is 6.19. The molecule has 0 aliphatic heterocycles. The van der Waals surface area contributed by atoms with E-state index in [0.717, 1.165) is 5.69 Å². The topological polar surface area (TPSA) is 45.9 Å². The van der Waals surface area contributed by atoms with Crippen molar-refractivity contribution in [2.45, 2.75) is 19.8 Å². The summed E-state index contributed by atoms with van der Waals surface area (Å²) in [7, 11) is 1.52. The molecule has 13 heavy (non-hydrogen) atoms. The van der Waals surface area contributed by atoms with Crippen LogP contribution in [0, 0.1) is 11.3 Å². The van der Waals surface area contributed by atoms with E-state index in [1.807, 2.05) is 26.0 Å². The van der Waals surface area contributed by atoms with Crippen LogP contribution < -0.4 is 4.74 Å². The van der Waals surface area contributed by atoms with Gasteiger partial charge in [0.15, 0.2) is 0 Å². The molecule has 0 fully saturated rings. The first-order valence-electron chi connectivity index (χ1n) is 4.14. The molecule has 3 nitrogen and oxygen atoms in total. The summed E-state index contributed by atoms with van der Waals surface area (Å²) in [6, 6.07) is 5.62. The highest BCUT2D eigenvalue weighted by molar-refractivity contribution is 5.39. The van der Waals surface area contributed by atoms with E-state index in [-0.39, 0.29) is 0 Å². The van der Waals surface area contributed by atoms with E-state index < -0.39 is 0 Å². The minimum atomic E-state index is 0.349. The molecule has 1 aromatic heterocycles. The van der Waals surface area contributed by atoms with Gasteiger partial charge in [-0.3, -0.25) is 0 Å². The molecule has 0 amide bonds. The van der Waals surface area contributed by atoms with E-state index in [4.69, 9.17) is 10.00 Å². The average Bonchev–Trinajstić information content (AvgIpc) is 2.16. The van der Waals surface area contributed by atoms with Gasteiger partial charge in [-0.05, 0) is 18.1 Å².